The lowest BCUT2D eigenvalue weighted by atomic mass is 10.1. The SMILES string of the molecule is CN(C(=O)c1ccc(NC(=O)c2ccco2)s1)c1cccc2ccccc12. The molecule has 0 aliphatic rings. The fraction of sp³-hybridized carbons (Fsp3) is 0.0476. The van der Waals surface area contributed by atoms with Crippen molar-refractivity contribution in [3.05, 3.63) is 83.6 Å². The molecule has 2 aromatic heterocycles. The van der Waals surface area contributed by atoms with Gasteiger partial charge < -0.3 is 14.6 Å². The third-order valence-corrected chi connectivity index (χ3v) is 5.22. The lowest BCUT2D eigenvalue weighted by molar-refractivity contribution is 0.0989. The van der Waals surface area contributed by atoms with Gasteiger partial charge in [0.2, 0.25) is 0 Å². The van der Waals surface area contributed by atoms with Crippen LogP contribution in [0.5, 0.6) is 0 Å². The molecule has 4 rings (SSSR count). The summed E-state index contributed by atoms with van der Waals surface area (Å²) >= 11 is 1.23. The first-order valence-corrected chi connectivity index (χ1v) is 9.15. The number of carbonyl (C=O) groups is 2. The van der Waals surface area contributed by atoms with Crippen LogP contribution in [-0.4, -0.2) is 18.9 Å². The Balaban J connectivity index is 1.56. The molecule has 4 aromatic rings. The second kappa shape index (κ2) is 7.09. The number of amides is 2. The second-order valence-corrected chi connectivity index (χ2v) is 7.04. The van der Waals surface area contributed by atoms with E-state index >= 15 is 0 Å². The minimum Gasteiger partial charge on any atom is -0.459 e. The van der Waals surface area contributed by atoms with Crippen LogP contribution < -0.4 is 10.2 Å². The number of anilines is 2. The Morgan fingerprint density at radius 1 is 0.963 bits per heavy atom. The van der Waals surface area contributed by atoms with Crippen LogP contribution in [-0.2, 0) is 0 Å². The van der Waals surface area contributed by atoms with Crippen molar-refractivity contribution in [2.45, 2.75) is 0 Å². The zero-order valence-corrected chi connectivity index (χ0v) is 15.3. The van der Waals surface area contributed by atoms with E-state index in [1.165, 1.54) is 17.6 Å². The quantitative estimate of drug-likeness (QED) is 0.544. The molecule has 0 unspecified atom stereocenters. The fourth-order valence-electron chi connectivity index (χ4n) is 2.88. The molecule has 6 heteroatoms. The van der Waals surface area contributed by atoms with Gasteiger partial charge in [-0.05, 0) is 35.7 Å². The Bertz CT molecular complexity index is 1110. The molecule has 2 amide bonds. The number of nitrogens with one attached hydrogen (secondary N) is 1. The molecule has 27 heavy (non-hydrogen) atoms. The van der Waals surface area contributed by atoms with Gasteiger partial charge in [0.1, 0.15) is 0 Å². The fourth-order valence-corrected chi connectivity index (χ4v) is 3.75. The molecule has 0 aliphatic heterocycles. The highest BCUT2D eigenvalue weighted by Crippen LogP contribution is 2.29. The molecule has 0 aliphatic carbocycles. The molecular formula is C21H16N2O3S. The Kier molecular flexibility index (Phi) is 4.48. The molecule has 2 heterocycles. The predicted octanol–water partition coefficient (Wildman–Crippen LogP) is 5.02. The number of hydrogen-bond acceptors (Lipinski definition) is 4. The highest BCUT2D eigenvalue weighted by atomic mass is 32.1. The summed E-state index contributed by atoms with van der Waals surface area (Å²) in [5, 5.41) is 5.42. The number of fused-ring (bicyclic) bond motifs is 1. The van der Waals surface area contributed by atoms with Crippen LogP contribution >= 0.6 is 11.3 Å². The second-order valence-electron chi connectivity index (χ2n) is 5.96. The minimum absolute atomic E-state index is 0.130. The summed E-state index contributed by atoms with van der Waals surface area (Å²) in [6, 6.07) is 20.5. The van der Waals surface area contributed by atoms with E-state index in [1.807, 2.05) is 42.5 Å². The van der Waals surface area contributed by atoms with Crippen LogP contribution in [0.2, 0.25) is 0 Å². The largest absolute Gasteiger partial charge is 0.459 e. The van der Waals surface area contributed by atoms with Gasteiger partial charge in [0.15, 0.2) is 5.76 Å². The Hall–Kier alpha value is -3.38. The average Bonchev–Trinajstić information content (AvgIpc) is 3.38. The van der Waals surface area contributed by atoms with Crippen LogP contribution in [0.25, 0.3) is 10.8 Å². The minimum atomic E-state index is -0.344. The number of benzene rings is 2. The maximum Gasteiger partial charge on any atom is 0.291 e. The predicted molar refractivity (Wildman–Crippen MR) is 108 cm³/mol. The average molecular weight is 376 g/mol. The smallest absolute Gasteiger partial charge is 0.291 e. The molecule has 0 saturated carbocycles. The Morgan fingerprint density at radius 3 is 2.59 bits per heavy atom. The van der Waals surface area contributed by atoms with Gasteiger partial charge in [-0.3, -0.25) is 9.59 Å². The van der Waals surface area contributed by atoms with Gasteiger partial charge in [-0.15, -0.1) is 11.3 Å². The monoisotopic (exact) mass is 376 g/mol. The standard InChI is InChI=1S/C21H16N2O3S/c1-23(16-9-4-7-14-6-2-3-8-15(14)16)21(25)18-11-12-19(27-18)22-20(24)17-10-5-13-26-17/h2-13H,1H3,(H,22,24). The van der Waals surface area contributed by atoms with Crippen LogP contribution in [0, 0.1) is 0 Å². The number of hydrogen-bond donors (Lipinski definition) is 1. The van der Waals surface area contributed by atoms with E-state index in [4.69, 9.17) is 4.42 Å². The lowest BCUT2D eigenvalue weighted by Gasteiger charge is -2.18. The van der Waals surface area contributed by atoms with Gasteiger partial charge in [-0.25, -0.2) is 0 Å². The molecule has 0 saturated heterocycles. The number of carbonyl (C=O) groups excluding carboxylic acids is 2. The molecule has 134 valence electrons. The van der Waals surface area contributed by atoms with Crippen LogP contribution in [0.15, 0.2) is 77.4 Å². The zero-order valence-electron chi connectivity index (χ0n) is 14.5. The van der Waals surface area contributed by atoms with Gasteiger partial charge in [0.05, 0.1) is 21.8 Å². The summed E-state index contributed by atoms with van der Waals surface area (Å²) in [4.78, 5) is 27.2. The summed E-state index contributed by atoms with van der Waals surface area (Å²) < 4.78 is 5.08. The summed E-state index contributed by atoms with van der Waals surface area (Å²) in [6.45, 7) is 0. The molecule has 0 spiro atoms. The van der Waals surface area contributed by atoms with Crippen LogP contribution in [0.3, 0.4) is 0 Å². The summed E-state index contributed by atoms with van der Waals surface area (Å²) in [5.41, 5.74) is 0.840. The number of furan rings is 1. The third-order valence-electron chi connectivity index (χ3n) is 4.23. The first-order valence-electron chi connectivity index (χ1n) is 8.34. The van der Waals surface area contributed by atoms with E-state index in [0.29, 0.717) is 9.88 Å². The summed E-state index contributed by atoms with van der Waals surface area (Å²) in [7, 11) is 1.75. The molecule has 0 fully saturated rings. The highest BCUT2D eigenvalue weighted by Gasteiger charge is 2.18. The maximum atomic E-state index is 12.9. The highest BCUT2D eigenvalue weighted by molar-refractivity contribution is 7.18. The number of thiophene rings is 1. The number of rotatable bonds is 4. The van der Waals surface area contributed by atoms with Crippen LogP contribution in [0.4, 0.5) is 10.7 Å². The normalized spacial score (nSPS) is 10.7. The Morgan fingerprint density at radius 2 is 1.78 bits per heavy atom. The lowest BCUT2D eigenvalue weighted by Crippen LogP contribution is -2.25. The van der Waals surface area contributed by atoms with E-state index in [0.717, 1.165) is 16.5 Å². The van der Waals surface area contributed by atoms with Crippen molar-refractivity contribution in [3.8, 4) is 0 Å². The van der Waals surface area contributed by atoms with E-state index in [2.05, 4.69) is 5.32 Å². The molecule has 0 radical (unpaired) electrons. The summed E-state index contributed by atoms with van der Waals surface area (Å²) in [6.07, 6.45) is 1.44. The zero-order chi connectivity index (χ0) is 18.8. The third kappa shape index (κ3) is 3.35. The van der Waals surface area contributed by atoms with Gasteiger partial charge in [0.25, 0.3) is 11.8 Å². The van der Waals surface area contributed by atoms with E-state index in [-0.39, 0.29) is 17.6 Å². The van der Waals surface area contributed by atoms with Gasteiger partial charge in [-0.2, -0.15) is 0 Å². The summed E-state index contributed by atoms with van der Waals surface area (Å²) in [5.74, 6) is -0.248. The van der Waals surface area contributed by atoms with Gasteiger partial charge >= 0.3 is 0 Å². The van der Waals surface area contributed by atoms with Crippen molar-refractivity contribution in [1.29, 1.82) is 0 Å². The maximum absolute atomic E-state index is 12.9. The molecule has 0 bridgehead atoms. The number of nitrogens with zero attached hydrogens (tertiary/aromatic N) is 1. The Labute approximate surface area is 159 Å². The topological polar surface area (TPSA) is 62.6 Å². The van der Waals surface area contributed by atoms with Crippen molar-refractivity contribution < 1.29 is 14.0 Å². The van der Waals surface area contributed by atoms with Crippen LogP contribution in [0.1, 0.15) is 20.2 Å². The van der Waals surface area contributed by atoms with E-state index in [1.54, 1.807) is 36.2 Å². The van der Waals surface area contributed by atoms with Gasteiger partial charge in [0, 0.05) is 12.4 Å². The van der Waals surface area contributed by atoms with Crippen molar-refractivity contribution in [2.24, 2.45) is 0 Å². The molecule has 0 atom stereocenters. The van der Waals surface area contributed by atoms with Crippen molar-refractivity contribution in [2.75, 3.05) is 17.3 Å². The van der Waals surface area contributed by atoms with E-state index in [9.17, 15) is 9.59 Å². The first-order chi connectivity index (χ1) is 13.1. The molecule has 1 N–H and O–H groups in total. The first kappa shape index (κ1) is 17.1. The van der Waals surface area contributed by atoms with Gasteiger partial charge in [-0.1, -0.05) is 36.4 Å². The van der Waals surface area contributed by atoms with Crippen molar-refractivity contribution in [1.82, 2.24) is 0 Å². The molecule has 2 aromatic carbocycles. The van der Waals surface area contributed by atoms with Crippen molar-refractivity contribution >= 4 is 44.6 Å². The van der Waals surface area contributed by atoms with Crippen molar-refractivity contribution in [3.63, 3.8) is 0 Å². The molecule has 5 nitrogen and oxygen atoms in total. The van der Waals surface area contributed by atoms with E-state index < -0.39 is 0 Å². The molecular weight excluding hydrogens is 360 g/mol.